The van der Waals surface area contributed by atoms with Gasteiger partial charge >= 0.3 is 0 Å². The van der Waals surface area contributed by atoms with E-state index in [0.29, 0.717) is 33.4 Å². The summed E-state index contributed by atoms with van der Waals surface area (Å²) in [4.78, 5) is 29.7. The molecule has 1 aliphatic rings. The number of amidine groups is 1. The predicted octanol–water partition coefficient (Wildman–Crippen LogP) is 7.24. The molecule has 0 aliphatic carbocycles. The number of nitro benzene ring substituents is 1. The van der Waals surface area contributed by atoms with Crippen molar-refractivity contribution in [2.45, 2.75) is 13.5 Å². The van der Waals surface area contributed by atoms with Crippen LogP contribution < -0.4 is 4.74 Å². The molecule has 0 aromatic heterocycles. The zero-order valence-corrected chi connectivity index (χ0v) is 21.1. The van der Waals surface area contributed by atoms with Crippen molar-refractivity contribution < 1.29 is 18.8 Å². The predicted molar refractivity (Wildman–Crippen MR) is 140 cm³/mol. The Hall–Kier alpha value is -3.40. The zero-order chi connectivity index (χ0) is 25.8. The first-order chi connectivity index (χ1) is 17.2. The number of amides is 1. The summed E-state index contributed by atoms with van der Waals surface area (Å²) in [7, 11) is 0. The van der Waals surface area contributed by atoms with Crippen molar-refractivity contribution in [3.05, 3.63) is 103 Å². The molecule has 7 nitrogen and oxygen atoms in total. The third-order valence-corrected chi connectivity index (χ3v) is 6.67. The Balaban J connectivity index is 1.52. The molecular weight excluding hydrogens is 528 g/mol. The van der Waals surface area contributed by atoms with E-state index in [-0.39, 0.29) is 39.8 Å². The van der Waals surface area contributed by atoms with Crippen LogP contribution in [-0.4, -0.2) is 27.4 Å². The summed E-state index contributed by atoms with van der Waals surface area (Å²) >= 11 is 14.0. The number of aliphatic imine (C=N–C) groups is 1. The Kier molecular flexibility index (Phi) is 7.93. The molecule has 0 bridgehead atoms. The van der Waals surface area contributed by atoms with Gasteiger partial charge in [0.05, 0.1) is 25.6 Å². The number of nitro groups is 1. The second-order valence-corrected chi connectivity index (χ2v) is 9.38. The molecule has 3 aromatic rings. The van der Waals surface area contributed by atoms with Crippen LogP contribution in [0, 0.1) is 15.9 Å². The molecule has 36 heavy (non-hydrogen) atoms. The summed E-state index contributed by atoms with van der Waals surface area (Å²) in [6.45, 7) is 2.37. The van der Waals surface area contributed by atoms with Crippen LogP contribution in [0.4, 0.5) is 15.8 Å². The Labute approximate surface area is 220 Å². The van der Waals surface area contributed by atoms with E-state index in [1.807, 2.05) is 6.92 Å². The lowest BCUT2D eigenvalue weighted by Crippen LogP contribution is -2.28. The highest BCUT2D eigenvalue weighted by Crippen LogP contribution is 2.38. The molecule has 1 heterocycles. The smallest absolute Gasteiger partial charge is 0.269 e. The molecule has 0 saturated carbocycles. The maximum absolute atomic E-state index is 13.2. The summed E-state index contributed by atoms with van der Waals surface area (Å²) in [6, 6.07) is 14.9. The van der Waals surface area contributed by atoms with Crippen LogP contribution in [0.1, 0.15) is 18.1 Å². The first-order valence-corrected chi connectivity index (χ1v) is 12.2. The minimum Gasteiger partial charge on any atom is -0.486 e. The number of likely N-dealkylation sites (N-methyl/N-ethyl adjacent to an activating group) is 1. The third-order valence-electron chi connectivity index (χ3n) is 5.10. The van der Waals surface area contributed by atoms with E-state index in [1.165, 1.54) is 53.1 Å². The van der Waals surface area contributed by atoms with Gasteiger partial charge in [0, 0.05) is 18.7 Å². The van der Waals surface area contributed by atoms with Gasteiger partial charge in [-0.2, -0.15) is 0 Å². The average Bonchev–Trinajstić information content (AvgIpc) is 3.13. The van der Waals surface area contributed by atoms with Crippen LogP contribution in [0.3, 0.4) is 0 Å². The number of hydrogen-bond donors (Lipinski definition) is 0. The maximum atomic E-state index is 13.2. The van der Waals surface area contributed by atoms with E-state index >= 15 is 0 Å². The lowest BCUT2D eigenvalue weighted by atomic mass is 10.2. The van der Waals surface area contributed by atoms with Crippen molar-refractivity contribution in [2.24, 2.45) is 4.99 Å². The molecule has 0 atom stereocenters. The van der Waals surface area contributed by atoms with Crippen LogP contribution in [0.15, 0.2) is 70.6 Å². The van der Waals surface area contributed by atoms with Gasteiger partial charge in [0.15, 0.2) is 10.9 Å². The quantitative estimate of drug-likeness (QED) is 0.177. The number of rotatable bonds is 7. The summed E-state index contributed by atoms with van der Waals surface area (Å²) in [6.07, 6.45) is 1.67. The van der Waals surface area contributed by atoms with Gasteiger partial charge in [-0.15, -0.1) is 0 Å². The highest BCUT2D eigenvalue weighted by Gasteiger charge is 2.32. The van der Waals surface area contributed by atoms with Crippen molar-refractivity contribution in [1.29, 1.82) is 0 Å². The number of halogens is 3. The average molecular weight is 546 g/mol. The lowest BCUT2D eigenvalue weighted by molar-refractivity contribution is -0.384. The van der Waals surface area contributed by atoms with Crippen molar-refractivity contribution in [3.63, 3.8) is 0 Å². The molecule has 11 heteroatoms. The molecule has 1 fully saturated rings. The van der Waals surface area contributed by atoms with Crippen molar-refractivity contribution in [3.8, 4) is 5.75 Å². The molecule has 4 rings (SSSR count). The topological polar surface area (TPSA) is 85.0 Å². The molecule has 1 aliphatic heterocycles. The molecule has 3 aromatic carbocycles. The SMILES string of the molecule is CCN1C(=O)/C(=C\c2cc(Cl)c(OCc3ccc([N+](=O)[O-])cc3)c(Cl)c2)SC1=Nc1ccc(F)cc1. The highest BCUT2D eigenvalue weighted by molar-refractivity contribution is 8.18. The molecule has 0 unspecified atom stereocenters. The van der Waals surface area contributed by atoms with Gasteiger partial charge in [-0.25, -0.2) is 9.38 Å². The maximum Gasteiger partial charge on any atom is 0.269 e. The number of carbonyl (C=O) groups excluding carboxylic acids is 1. The van der Waals surface area contributed by atoms with Gasteiger partial charge in [-0.05, 0) is 84.4 Å². The molecule has 1 amide bonds. The summed E-state index contributed by atoms with van der Waals surface area (Å²) in [5.41, 5.74) is 1.83. The normalized spacial score (nSPS) is 15.7. The monoisotopic (exact) mass is 545 g/mol. The highest BCUT2D eigenvalue weighted by atomic mass is 35.5. The first kappa shape index (κ1) is 25.7. The van der Waals surface area contributed by atoms with Gasteiger partial charge in [0.25, 0.3) is 11.6 Å². The third kappa shape index (κ3) is 5.87. The fourth-order valence-electron chi connectivity index (χ4n) is 3.32. The molecule has 1 saturated heterocycles. The Morgan fingerprint density at radius 2 is 1.75 bits per heavy atom. The molecule has 0 radical (unpaired) electrons. The van der Waals surface area contributed by atoms with Gasteiger partial charge in [0.1, 0.15) is 12.4 Å². The van der Waals surface area contributed by atoms with E-state index in [9.17, 15) is 19.3 Å². The van der Waals surface area contributed by atoms with E-state index in [4.69, 9.17) is 27.9 Å². The fraction of sp³-hybridized carbons (Fsp3) is 0.120. The molecule has 184 valence electrons. The van der Waals surface area contributed by atoms with Crippen LogP contribution in [-0.2, 0) is 11.4 Å². The second kappa shape index (κ2) is 11.1. The van der Waals surface area contributed by atoms with Gasteiger partial charge < -0.3 is 4.74 Å². The van der Waals surface area contributed by atoms with E-state index < -0.39 is 4.92 Å². The van der Waals surface area contributed by atoms with Gasteiger partial charge in [-0.3, -0.25) is 19.8 Å². The summed E-state index contributed by atoms with van der Waals surface area (Å²) in [5, 5.41) is 11.8. The Bertz CT molecular complexity index is 1360. The minimum absolute atomic E-state index is 0.0148. The number of benzene rings is 3. The number of non-ortho nitro benzene ring substituents is 1. The van der Waals surface area contributed by atoms with Crippen LogP contribution in [0.5, 0.6) is 5.75 Å². The molecule has 0 spiro atoms. The van der Waals surface area contributed by atoms with Crippen molar-refractivity contribution in [1.82, 2.24) is 4.90 Å². The van der Waals surface area contributed by atoms with Gasteiger partial charge in [0.2, 0.25) is 0 Å². The Morgan fingerprint density at radius 1 is 1.11 bits per heavy atom. The van der Waals surface area contributed by atoms with Crippen molar-refractivity contribution in [2.75, 3.05) is 6.54 Å². The van der Waals surface area contributed by atoms with Gasteiger partial charge in [-0.1, -0.05) is 23.2 Å². The lowest BCUT2D eigenvalue weighted by Gasteiger charge is -2.12. The van der Waals surface area contributed by atoms with Crippen LogP contribution >= 0.6 is 35.0 Å². The fourth-order valence-corrected chi connectivity index (χ4v) is 4.99. The van der Waals surface area contributed by atoms with Crippen LogP contribution in [0.2, 0.25) is 10.0 Å². The summed E-state index contributed by atoms with van der Waals surface area (Å²) < 4.78 is 18.9. The zero-order valence-electron chi connectivity index (χ0n) is 18.8. The number of hydrogen-bond acceptors (Lipinski definition) is 6. The van der Waals surface area contributed by atoms with E-state index in [0.717, 1.165) is 0 Å². The van der Waals surface area contributed by atoms with E-state index in [1.54, 1.807) is 30.3 Å². The first-order valence-electron chi connectivity index (χ1n) is 10.7. The number of nitrogens with zero attached hydrogens (tertiary/aromatic N) is 3. The summed E-state index contributed by atoms with van der Waals surface area (Å²) in [5.74, 6) is -0.317. The Morgan fingerprint density at radius 3 is 2.33 bits per heavy atom. The number of carbonyl (C=O) groups is 1. The number of ether oxygens (including phenoxy) is 1. The standard InChI is InChI=1S/C25H18Cl2FN3O4S/c1-2-30-24(32)22(36-25(30)29-18-7-5-17(28)6-8-18)13-16-11-20(26)23(21(27)12-16)35-14-15-3-9-19(10-4-15)31(33)34/h3-13H,2,14H2,1H3/b22-13+,29-25?. The van der Waals surface area contributed by atoms with E-state index in [2.05, 4.69) is 4.99 Å². The second-order valence-electron chi connectivity index (χ2n) is 7.56. The van der Waals surface area contributed by atoms with Crippen molar-refractivity contribution >= 4 is 63.5 Å². The molecular formula is C25H18Cl2FN3O4S. The largest absolute Gasteiger partial charge is 0.486 e. The van der Waals surface area contributed by atoms with Crippen LogP contribution in [0.25, 0.3) is 6.08 Å². The number of thioether (sulfide) groups is 1. The molecule has 0 N–H and O–H groups in total. The minimum atomic E-state index is -0.476.